The zero-order chi connectivity index (χ0) is 11.5. The van der Waals surface area contributed by atoms with Crippen molar-refractivity contribution in [3.63, 3.8) is 0 Å². The van der Waals surface area contributed by atoms with E-state index < -0.39 is 0 Å². The van der Waals surface area contributed by atoms with Gasteiger partial charge in [-0.2, -0.15) is 0 Å². The Hall–Kier alpha value is -2.09. The summed E-state index contributed by atoms with van der Waals surface area (Å²) < 4.78 is 0. The lowest BCUT2D eigenvalue weighted by atomic mass is 10.1. The second kappa shape index (κ2) is 4.19. The Kier molecular flexibility index (Phi) is 2.73. The molecule has 0 fully saturated rings. The van der Waals surface area contributed by atoms with Crippen LogP contribution in [0.3, 0.4) is 0 Å². The number of fused-ring (bicyclic) bond motifs is 1. The van der Waals surface area contributed by atoms with Gasteiger partial charge in [0.15, 0.2) is 0 Å². The number of nitrogens with zero attached hydrogens (tertiary/aromatic N) is 1. The monoisotopic (exact) mass is 211 g/mol. The highest BCUT2D eigenvalue weighted by molar-refractivity contribution is 6.28. The molecule has 1 aliphatic rings. The van der Waals surface area contributed by atoms with Gasteiger partial charge < -0.3 is 4.84 Å². The quantitative estimate of drug-likeness (QED) is 0.427. The lowest BCUT2D eigenvalue weighted by Crippen LogP contribution is -1.98. The minimum atomic E-state index is 0.394. The zero-order valence-electron chi connectivity index (χ0n) is 9.07. The minimum Gasteiger partial charge on any atom is -0.391 e. The third kappa shape index (κ3) is 1.58. The maximum absolute atomic E-state index is 5.11. The van der Waals surface area contributed by atoms with Gasteiger partial charge in [-0.25, -0.2) is 0 Å². The Morgan fingerprint density at radius 1 is 1.12 bits per heavy atom. The van der Waals surface area contributed by atoms with Crippen molar-refractivity contribution in [2.24, 2.45) is 5.16 Å². The Morgan fingerprint density at radius 2 is 1.81 bits per heavy atom. The van der Waals surface area contributed by atoms with Crippen LogP contribution in [0.15, 0.2) is 60.8 Å². The van der Waals surface area contributed by atoms with E-state index in [4.69, 9.17) is 4.84 Å². The number of allylic oxidation sites excluding steroid dienone is 2. The molecular weight excluding hydrogens is 198 g/mol. The first kappa shape index (κ1) is 10.4. The summed E-state index contributed by atoms with van der Waals surface area (Å²) in [6.45, 7) is 11.9. The smallest absolute Gasteiger partial charge is 0.135 e. The SMILES string of the molecule is C=CCO/N=C1/C(=C)C(=C)c2ccccc21. The van der Waals surface area contributed by atoms with Crippen LogP contribution in [0.25, 0.3) is 5.57 Å². The fourth-order valence-corrected chi connectivity index (χ4v) is 1.68. The van der Waals surface area contributed by atoms with Gasteiger partial charge in [0, 0.05) is 11.1 Å². The average Bonchev–Trinajstić information content (AvgIpc) is 2.55. The molecule has 0 saturated heterocycles. The van der Waals surface area contributed by atoms with Crippen LogP contribution in [0.5, 0.6) is 0 Å². The zero-order valence-corrected chi connectivity index (χ0v) is 9.07. The molecule has 2 heteroatoms. The first-order valence-corrected chi connectivity index (χ1v) is 5.05. The highest BCUT2D eigenvalue weighted by Crippen LogP contribution is 2.34. The summed E-state index contributed by atoms with van der Waals surface area (Å²) >= 11 is 0. The average molecular weight is 211 g/mol. The molecule has 0 aliphatic heterocycles. The second-order valence-corrected chi connectivity index (χ2v) is 3.53. The molecule has 0 bridgehead atoms. The number of hydrogen-bond donors (Lipinski definition) is 0. The van der Waals surface area contributed by atoms with Crippen molar-refractivity contribution < 1.29 is 4.84 Å². The van der Waals surface area contributed by atoms with Crippen LogP contribution in [-0.4, -0.2) is 12.3 Å². The van der Waals surface area contributed by atoms with Crippen molar-refractivity contribution in [1.82, 2.24) is 0 Å². The van der Waals surface area contributed by atoms with Gasteiger partial charge in [0.25, 0.3) is 0 Å². The van der Waals surface area contributed by atoms with E-state index in [2.05, 4.69) is 24.9 Å². The molecule has 0 unspecified atom stereocenters. The third-order valence-corrected chi connectivity index (χ3v) is 2.51. The van der Waals surface area contributed by atoms with Crippen molar-refractivity contribution in [3.8, 4) is 0 Å². The molecule has 0 spiro atoms. The summed E-state index contributed by atoms with van der Waals surface area (Å²) in [6.07, 6.45) is 1.66. The van der Waals surface area contributed by atoms with Gasteiger partial charge in [0.1, 0.15) is 12.3 Å². The molecule has 0 heterocycles. The first-order chi connectivity index (χ1) is 7.75. The van der Waals surface area contributed by atoms with Gasteiger partial charge in [-0.15, -0.1) is 0 Å². The molecule has 0 N–H and O–H groups in total. The van der Waals surface area contributed by atoms with Crippen LogP contribution in [0, 0.1) is 0 Å². The van der Waals surface area contributed by atoms with E-state index in [1.54, 1.807) is 6.08 Å². The van der Waals surface area contributed by atoms with Gasteiger partial charge >= 0.3 is 0 Å². The molecule has 1 aliphatic carbocycles. The van der Waals surface area contributed by atoms with E-state index in [0.29, 0.717) is 6.61 Å². The van der Waals surface area contributed by atoms with Crippen molar-refractivity contribution in [1.29, 1.82) is 0 Å². The van der Waals surface area contributed by atoms with Crippen LogP contribution >= 0.6 is 0 Å². The Morgan fingerprint density at radius 3 is 2.50 bits per heavy atom. The predicted molar refractivity (Wildman–Crippen MR) is 67.3 cm³/mol. The van der Waals surface area contributed by atoms with Gasteiger partial charge in [0.2, 0.25) is 0 Å². The number of benzene rings is 1. The standard InChI is InChI=1S/C14H13NO/c1-4-9-16-15-14-11(3)10(2)12-7-5-6-8-13(12)14/h4-8H,1-3,9H2/b15-14-. The van der Waals surface area contributed by atoms with Crippen molar-refractivity contribution in [3.05, 3.63) is 66.8 Å². The van der Waals surface area contributed by atoms with Gasteiger partial charge in [0.05, 0.1) is 0 Å². The van der Waals surface area contributed by atoms with Crippen molar-refractivity contribution in [2.75, 3.05) is 6.61 Å². The van der Waals surface area contributed by atoms with Gasteiger partial charge in [-0.1, -0.05) is 55.2 Å². The molecule has 0 radical (unpaired) electrons. The normalized spacial score (nSPS) is 16.4. The predicted octanol–water partition coefficient (Wildman–Crippen LogP) is 3.18. The minimum absolute atomic E-state index is 0.394. The fraction of sp³-hybridized carbons (Fsp3) is 0.0714. The molecule has 80 valence electrons. The lowest BCUT2D eigenvalue weighted by Gasteiger charge is -1.99. The Balaban J connectivity index is 2.41. The molecule has 1 aromatic rings. The molecule has 1 aromatic carbocycles. The van der Waals surface area contributed by atoms with Crippen molar-refractivity contribution in [2.45, 2.75) is 0 Å². The molecule has 16 heavy (non-hydrogen) atoms. The molecule has 0 amide bonds. The Labute approximate surface area is 95.2 Å². The highest BCUT2D eigenvalue weighted by Gasteiger charge is 2.24. The van der Waals surface area contributed by atoms with E-state index in [0.717, 1.165) is 28.0 Å². The molecule has 0 saturated carbocycles. The summed E-state index contributed by atoms with van der Waals surface area (Å²) in [5, 5.41) is 4.07. The number of oxime groups is 1. The van der Waals surface area contributed by atoms with E-state index in [-0.39, 0.29) is 0 Å². The molecule has 0 atom stereocenters. The van der Waals surface area contributed by atoms with Crippen LogP contribution < -0.4 is 0 Å². The summed E-state index contributed by atoms with van der Waals surface area (Å²) in [5.74, 6) is 0. The molecule has 2 rings (SSSR count). The summed E-state index contributed by atoms with van der Waals surface area (Å²) in [4.78, 5) is 5.11. The van der Waals surface area contributed by atoms with Crippen LogP contribution in [0.1, 0.15) is 11.1 Å². The molecular formula is C14H13NO. The highest BCUT2D eigenvalue weighted by atomic mass is 16.6. The topological polar surface area (TPSA) is 21.6 Å². The lowest BCUT2D eigenvalue weighted by molar-refractivity contribution is 0.175. The maximum atomic E-state index is 5.11. The second-order valence-electron chi connectivity index (χ2n) is 3.53. The summed E-state index contributed by atoms with van der Waals surface area (Å²) in [7, 11) is 0. The maximum Gasteiger partial charge on any atom is 0.135 e. The van der Waals surface area contributed by atoms with Crippen LogP contribution in [-0.2, 0) is 4.84 Å². The van der Waals surface area contributed by atoms with Crippen LogP contribution in [0.4, 0.5) is 0 Å². The van der Waals surface area contributed by atoms with Gasteiger partial charge in [-0.3, -0.25) is 0 Å². The largest absolute Gasteiger partial charge is 0.391 e. The van der Waals surface area contributed by atoms with E-state index in [9.17, 15) is 0 Å². The van der Waals surface area contributed by atoms with Crippen LogP contribution in [0.2, 0.25) is 0 Å². The first-order valence-electron chi connectivity index (χ1n) is 5.05. The summed E-state index contributed by atoms with van der Waals surface area (Å²) in [6, 6.07) is 7.95. The van der Waals surface area contributed by atoms with E-state index >= 15 is 0 Å². The molecule has 0 aromatic heterocycles. The fourth-order valence-electron chi connectivity index (χ4n) is 1.68. The number of hydrogen-bond acceptors (Lipinski definition) is 2. The Bertz CT molecular complexity index is 497. The summed E-state index contributed by atoms with van der Waals surface area (Å²) in [5.41, 5.74) is 4.61. The van der Waals surface area contributed by atoms with Gasteiger partial charge in [-0.05, 0) is 11.1 Å². The van der Waals surface area contributed by atoms with E-state index in [1.807, 2.05) is 24.3 Å². The van der Waals surface area contributed by atoms with E-state index in [1.165, 1.54) is 0 Å². The molecule has 2 nitrogen and oxygen atoms in total. The number of rotatable bonds is 3. The third-order valence-electron chi connectivity index (χ3n) is 2.51. The van der Waals surface area contributed by atoms with Crippen molar-refractivity contribution >= 4 is 11.3 Å².